The Hall–Kier alpha value is -0.880. The SMILES string of the molecule is CC1(NC(=O)c2ccc(Br)s2)CCOC1=O. The number of nitrogens with one attached hydrogen (secondary N) is 1. The average Bonchev–Trinajstić information content (AvgIpc) is 2.76. The van der Waals surface area contributed by atoms with Gasteiger partial charge in [-0.05, 0) is 35.0 Å². The van der Waals surface area contributed by atoms with Crippen LogP contribution in [0.15, 0.2) is 15.9 Å². The number of carbonyl (C=O) groups excluding carboxylic acids is 2. The molecule has 1 fully saturated rings. The number of ether oxygens (including phenoxy) is 1. The monoisotopic (exact) mass is 303 g/mol. The van der Waals surface area contributed by atoms with Crippen molar-refractivity contribution < 1.29 is 14.3 Å². The van der Waals surface area contributed by atoms with Gasteiger partial charge >= 0.3 is 5.97 Å². The van der Waals surface area contributed by atoms with Crippen LogP contribution in [0.5, 0.6) is 0 Å². The highest BCUT2D eigenvalue weighted by Gasteiger charge is 2.41. The second-order valence-electron chi connectivity index (χ2n) is 3.78. The van der Waals surface area contributed by atoms with Crippen molar-refractivity contribution in [1.29, 1.82) is 0 Å². The molecule has 0 aromatic carbocycles. The quantitative estimate of drug-likeness (QED) is 0.850. The van der Waals surface area contributed by atoms with Crippen molar-refractivity contribution in [2.45, 2.75) is 18.9 Å². The van der Waals surface area contributed by atoms with Crippen LogP contribution in [0, 0.1) is 0 Å². The lowest BCUT2D eigenvalue weighted by atomic mass is 10.0. The maximum absolute atomic E-state index is 11.8. The zero-order chi connectivity index (χ0) is 11.8. The van der Waals surface area contributed by atoms with Crippen LogP contribution < -0.4 is 5.32 Å². The van der Waals surface area contributed by atoms with Gasteiger partial charge in [-0.1, -0.05) is 0 Å². The summed E-state index contributed by atoms with van der Waals surface area (Å²) >= 11 is 4.62. The Morgan fingerprint density at radius 3 is 2.88 bits per heavy atom. The van der Waals surface area contributed by atoms with Gasteiger partial charge < -0.3 is 10.1 Å². The van der Waals surface area contributed by atoms with Crippen molar-refractivity contribution >= 4 is 39.1 Å². The van der Waals surface area contributed by atoms with E-state index in [-0.39, 0.29) is 11.9 Å². The zero-order valence-electron chi connectivity index (χ0n) is 8.58. The molecule has 1 aromatic rings. The first-order chi connectivity index (χ1) is 7.51. The van der Waals surface area contributed by atoms with Crippen LogP contribution in [-0.2, 0) is 9.53 Å². The molecule has 0 spiro atoms. The summed E-state index contributed by atoms with van der Waals surface area (Å²) in [5.74, 6) is -0.603. The Balaban J connectivity index is 2.10. The first kappa shape index (κ1) is 11.6. The molecule has 0 bridgehead atoms. The fourth-order valence-corrected chi connectivity index (χ4v) is 2.75. The van der Waals surface area contributed by atoms with E-state index in [0.717, 1.165) is 3.79 Å². The average molecular weight is 304 g/mol. The summed E-state index contributed by atoms with van der Waals surface area (Å²) in [5, 5.41) is 2.71. The van der Waals surface area contributed by atoms with Gasteiger partial charge in [0.25, 0.3) is 5.91 Å². The number of hydrogen-bond acceptors (Lipinski definition) is 4. The van der Waals surface area contributed by atoms with E-state index in [2.05, 4.69) is 21.2 Å². The van der Waals surface area contributed by atoms with Crippen molar-refractivity contribution in [2.24, 2.45) is 0 Å². The van der Waals surface area contributed by atoms with Crippen LogP contribution in [0.3, 0.4) is 0 Å². The second-order valence-corrected chi connectivity index (χ2v) is 6.24. The summed E-state index contributed by atoms with van der Waals surface area (Å²) in [6.45, 7) is 2.05. The second kappa shape index (κ2) is 4.18. The third kappa shape index (κ3) is 2.12. The number of cyclic esters (lactones) is 1. The van der Waals surface area contributed by atoms with E-state index in [1.807, 2.05) is 0 Å². The van der Waals surface area contributed by atoms with Gasteiger partial charge in [0.15, 0.2) is 0 Å². The molecule has 2 rings (SSSR count). The molecule has 1 amide bonds. The first-order valence-electron chi connectivity index (χ1n) is 4.76. The molecule has 2 heterocycles. The summed E-state index contributed by atoms with van der Waals surface area (Å²) < 4.78 is 5.74. The van der Waals surface area contributed by atoms with Gasteiger partial charge in [-0.3, -0.25) is 4.79 Å². The van der Waals surface area contributed by atoms with Crippen LogP contribution in [0.25, 0.3) is 0 Å². The number of halogens is 1. The molecular weight excluding hydrogens is 294 g/mol. The van der Waals surface area contributed by atoms with Crippen LogP contribution in [0.1, 0.15) is 23.0 Å². The molecule has 0 aliphatic carbocycles. The predicted molar refractivity (Wildman–Crippen MR) is 63.5 cm³/mol. The van der Waals surface area contributed by atoms with E-state index in [9.17, 15) is 9.59 Å². The molecule has 6 heteroatoms. The largest absolute Gasteiger partial charge is 0.464 e. The Bertz CT molecular complexity index is 445. The lowest BCUT2D eigenvalue weighted by Crippen LogP contribution is -2.49. The minimum atomic E-state index is -0.881. The molecule has 1 unspecified atom stereocenters. The molecular formula is C10H10BrNO3S. The lowest BCUT2D eigenvalue weighted by Gasteiger charge is -2.19. The molecule has 4 nitrogen and oxygen atoms in total. The van der Waals surface area contributed by atoms with Crippen molar-refractivity contribution in [3.8, 4) is 0 Å². The minimum Gasteiger partial charge on any atom is -0.464 e. The molecule has 1 atom stereocenters. The van der Waals surface area contributed by atoms with Crippen LogP contribution in [0.4, 0.5) is 0 Å². The van der Waals surface area contributed by atoms with E-state index < -0.39 is 5.54 Å². The van der Waals surface area contributed by atoms with E-state index in [1.165, 1.54) is 11.3 Å². The number of esters is 1. The zero-order valence-corrected chi connectivity index (χ0v) is 11.0. The topological polar surface area (TPSA) is 55.4 Å². The third-order valence-electron chi connectivity index (χ3n) is 2.47. The maximum Gasteiger partial charge on any atom is 0.331 e. The molecule has 86 valence electrons. The Morgan fingerprint density at radius 2 is 2.38 bits per heavy atom. The van der Waals surface area contributed by atoms with Gasteiger partial charge in [0.2, 0.25) is 0 Å². The molecule has 0 saturated carbocycles. The Labute approximate surface area is 105 Å². The van der Waals surface area contributed by atoms with Gasteiger partial charge in [-0.25, -0.2) is 4.79 Å². The van der Waals surface area contributed by atoms with Crippen molar-refractivity contribution in [3.63, 3.8) is 0 Å². The summed E-state index contributed by atoms with van der Waals surface area (Å²) in [6, 6.07) is 3.52. The normalized spacial score (nSPS) is 24.2. The molecule has 1 aromatic heterocycles. The fraction of sp³-hybridized carbons (Fsp3) is 0.400. The van der Waals surface area contributed by atoms with Crippen molar-refractivity contribution in [2.75, 3.05) is 6.61 Å². The summed E-state index contributed by atoms with van der Waals surface area (Å²) in [6.07, 6.45) is 0.518. The highest BCUT2D eigenvalue weighted by molar-refractivity contribution is 9.11. The van der Waals surface area contributed by atoms with Gasteiger partial charge in [-0.2, -0.15) is 0 Å². The summed E-state index contributed by atoms with van der Waals surface area (Å²) in [4.78, 5) is 23.8. The Kier molecular flexibility index (Phi) is 3.03. The summed E-state index contributed by atoms with van der Waals surface area (Å²) in [5.41, 5.74) is -0.881. The highest BCUT2D eigenvalue weighted by Crippen LogP contribution is 2.24. The number of amides is 1. The smallest absolute Gasteiger partial charge is 0.331 e. The first-order valence-corrected chi connectivity index (χ1v) is 6.37. The number of carbonyl (C=O) groups is 2. The Morgan fingerprint density at radius 1 is 1.62 bits per heavy atom. The van der Waals surface area contributed by atoms with Crippen molar-refractivity contribution in [1.82, 2.24) is 5.32 Å². The van der Waals surface area contributed by atoms with E-state index >= 15 is 0 Å². The number of rotatable bonds is 2. The fourth-order valence-electron chi connectivity index (χ4n) is 1.47. The number of hydrogen-bond donors (Lipinski definition) is 1. The van der Waals surface area contributed by atoms with Gasteiger partial charge in [0, 0.05) is 6.42 Å². The van der Waals surface area contributed by atoms with Crippen LogP contribution in [-0.4, -0.2) is 24.0 Å². The van der Waals surface area contributed by atoms with E-state index in [4.69, 9.17) is 4.74 Å². The van der Waals surface area contributed by atoms with Gasteiger partial charge in [0.05, 0.1) is 15.3 Å². The molecule has 1 N–H and O–H groups in total. The van der Waals surface area contributed by atoms with Crippen LogP contribution in [0.2, 0.25) is 0 Å². The highest BCUT2D eigenvalue weighted by atomic mass is 79.9. The third-order valence-corrected chi connectivity index (χ3v) is 4.09. The minimum absolute atomic E-state index is 0.239. The lowest BCUT2D eigenvalue weighted by molar-refractivity contribution is -0.142. The maximum atomic E-state index is 11.8. The van der Waals surface area contributed by atoms with E-state index in [0.29, 0.717) is 17.9 Å². The van der Waals surface area contributed by atoms with Crippen LogP contribution >= 0.6 is 27.3 Å². The molecule has 1 saturated heterocycles. The molecule has 0 radical (unpaired) electrons. The summed E-state index contributed by atoms with van der Waals surface area (Å²) in [7, 11) is 0. The molecule has 1 aliphatic rings. The number of thiophene rings is 1. The molecule has 16 heavy (non-hydrogen) atoms. The predicted octanol–water partition coefficient (Wildman–Crippen LogP) is 1.95. The standard InChI is InChI=1S/C10H10BrNO3S/c1-10(4-5-15-9(10)14)12-8(13)6-2-3-7(11)16-6/h2-3H,4-5H2,1H3,(H,12,13). The van der Waals surface area contributed by atoms with E-state index in [1.54, 1.807) is 19.1 Å². The van der Waals surface area contributed by atoms with Crippen molar-refractivity contribution in [3.05, 3.63) is 20.8 Å². The van der Waals surface area contributed by atoms with Gasteiger partial charge in [0.1, 0.15) is 5.54 Å². The van der Waals surface area contributed by atoms with Gasteiger partial charge in [-0.15, -0.1) is 11.3 Å². The molecule has 1 aliphatic heterocycles.